The molecule has 0 aliphatic rings. The monoisotopic (exact) mass is 1530 g/mol. The molecule has 0 aromatic rings. The van der Waals surface area contributed by atoms with Gasteiger partial charge in [-0.1, -0.05) is 317 Å². The minimum Gasteiger partial charge on any atom is -0.462 e. The van der Waals surface area contributed by atoms with Gasteiger partial charge >= 0.3 is 39.5 Å². The molecular weight excluding hydrogens is 1380 g/mol. The summed E-state index contributed by atoms with van der Waals surface area (Å²) in [6.45, 7) is 4.65. The Hall–Kier alpha value is -4.28. The van der Waals surface area contributed by atoms with E-state index in [1.54, 1.807) is 0 Å². The number of phosphoric acid groups is 2. The third kappa shape index (κ3) is 77.9. The number of rotatable bonds is 79. The molecule has 0 aromatic heterocycles. The van der Waals surface area contributed by atoms with Crippen LogP contribution in [0.15, 0.2) is 109 Å². The summed E-state index contributed by atoms with van der Waals surface area (Å²) in [7, 11) is -9.97. The van der Waals surface area contributed by atoms with Gasteiger partial charge < -0.3 is 33.8 Å². The smallest absolute Gasteiger partial charge is 0.462 e. The van der Waals surface area contributed by atoms with Crippen molar-refractivity contribution in [1.82, 2.24) is 0 Å². The van der Waals surface area contributed by atoms with Crippen molar-refractivity contribution >= 4 is 39.5 Å². The molecule has 0 aliphatic heterocycles. The molecule has 0 spiro atoms. The van der Waals surface area contributed by atoms with Crippen LogP contribution in [-0.2, 0) is 65.4 Å². The third-order valence-electron chi connectivity index (χ3n) is 17.7. The lowest BCUT2D eigenvalue weighted by Crippen LogP contribution is -2.30. The van der Waals surface area contributed by atoms with Crippen LogP contribution < -0.4 is 0 Å². The number of esters is 4. The summed E-state index contributed by atoms with van der Waals surface area (Å²) in [5.41, 5.74) is 0. The molecule has 0 radical (unpaired) electrons. The molecule has 17 nitrogen and oxygen atoms in total. The van der Waals surface area contributed by atoms with Gasteiger partial charge in [-0.05, 0) is 128 Å². The van der Waals surface area contributed by atoms with Crippen LogP contribution in [0.3, 0.4) is 0 Å². The fourth-order valence-electron chi connectivity index (χ4n) is 11.4. The molecule has 0 aliphatic carbocycles. The first-order valence-corrected chi connectivity index (χ1v) is 45.1. The number of aliphatic hydroxyl groups excluding tert-OH is 1. The Morgan fingerprint density at radius 2 is 0.491 bits per heavy atom. The lowest BCUT2D eigenvalue weighted by Gasteiger charge is -2.21. The van der Waals surface area contributed by atoms with Crippen molar-refractivity contribution in [1.29, 1.82) is 0 Å². The van der Waals surface area contributed by atoms with E-state index in [1.807, 2.05) is 0 Å². The molecule has 3 N–H and O–H groups in total. The zero-order valence-electron chi connectivity index (χ0n) is 67.1. The van der Waals surface area contributed by atoms with Crippen molar-refractivity contribution in [3.8, 4) is 0 Å². The number of aliphatic hydroxyl groups is 1. The number of phosphoric ester groups is 2. The van der Waals surface area contributed by atoms with Gasteiger partial charge in [0.05, 0.1) is 26.4 Å². The molecule has 0 heterocycles. The van der Waals surface area contributed by atoms with Gasteiger partial charge in [0.25, 0.3) is 0 Å². The number of carbonyl (C=O) groups excluding carboxylic acids is 4. The number of ether oxygens (including phenoxy) is 4. The van der Waals surface area contributed by atoms with Gasteiger partial charge in [0.1, 0.15) is 19.3 Å². The van der Waals surface area contributed by atoms with E-state index in [9.17, 15) is 43.2 Å². The molecule has 0 saturated carbocycles. The highest BCUT2D eigenvalue weighted by Gasteiger charge is 2.30. The van der Waals surface area contributed by atoms with Crippen LogP contribution in [0.5, 0.6) is 0 Å². The van der Waals surface area contributed by atoms with Crippen LogP contribution in [-0.4, -0.2) is 96.7 Å². The molecular formula is C87H152O17P2. The van der Waals surface area contributed by atoms with Crippen molar-refractivity contribution in [3.05, 3.63) is 109 Å². The van der Waals surface area contributed by atoms with Crippen molar-refractivity contribution < 1.29 is 80.2 Å². The highest BCUT2D eigenvalue weighted by atomic mass is 31.2. The molecule has 0 amide bonds. The van der Waals surface area contributed by atoms with E-state index in [-0.39, 0.29) is 25.7 Å². The zero-order valence-corrected chi connectivity index (χ0v) is 68.9. The van der Waals surface area contributed by atoms with E-state index >= 15 is 0 Å². The summed E-state index contributed by atoms with van der Waals surface area (Å²) in [4.78, 5) is 73.2. The average molecular weight is 1530 g/mol. The molecule has 5 unspecified atom stereocenters. The van der Waals surface area contributed by atoms with Crippen molar-refractivity contribution in [3.63, 3.8) is 0 Å². The Labute approximate surface area is 645 Å². The van der Waals surface area contributed by atoms with Crippen molar-refractivity contribution in [2.24, 2.45) is 0 Å². The van der Waals surface area contributed by atoms with E-state index < -0.39 is 97.5 Å². The van der Waals surface area contributed by atoms with Gasteiger partial charge in [-0.3, -0.25) is 37.3 Å². The molecule has 0 fully saturated rings. The fourth-order valence-corrected chi connectivity index (χ4v) is 13.0. The topological polar surface area (TPSA) is 237 Å². The molecule has 0 bridgehead atoms. The highest BCUT2D eigenvalue weighted by Crippen LogP contribution is 2.45. The van der Waals surface area contributed by atoms with Gasteiger partial charge in [-0.25, -0.2) is 9.13 Å². The quantitative estimate of drug-likeness (QED) is 0.0169. The first-order valence-electron chi connectivity index (χ1n) is 42.1. The van der Waals surface area contributed by atoms with E-state index in [4.69, 9.17) is 37.0 Å². The standard InChI is InChI=1S/C87H152O17P2/c1-5-9-13-17-21-25-29-33-37-39-40-42-45-48-52-56-60-64-68-72-85(90)98-78-83(104-87(92)74-70-66-62-58-54-50-46-41-38-34-30-26-22-18-14-10-6-2)80-102-106(95,96)100-76-81(88)75-99-105(93,94)101-79-82(103-86(91)73-69-65-61-57-53-49-44-36-32-28-24-20-16-12-8-4)77-97-84(89)71-67-63-59-55-51-47-43-35-31-27-23-19-15-11-7-3/h9-10,13-14,21-23,25-27,33-35,37-38,40,42-43,81-83,88H,5-8,11-12,15-20,24,28-32,36,39,41,44-80H2,1-4H3,(H,93,94)(H,95,96)/b13-9-,14-10-,25-21-,26-22-,27-23-,37-33-,38-34-,42-40-,43-35-. The maximum Gasteiger partial charge on any atom is 0.472 e. The largest absolute Gasteiger partial charge is 0.472 e. The lowest BCUT2D eigenvalue weighted by atomic mass is 10.0. The zero-order chi connectivity index (χ0) is 77.4. The van der Waals surface area contributed by atoms with E-state index in [2.05, 4.69) is 137 Å². The molecule has 612 valence electrons. The number of unbranched alkanes of at least 4 members (excludes halogenated alkanes) is 35. The molecule has 5 atom stereocenters. The predicted molar refractivity (Wildman–Crippen MR) is 436 cm³/mol. The van der Waals surface area contributed by atoms with Crippen LogP contribution in [0.25, 0.3) is 0 Å². The highest BCUT2D eigenvalue weighted by molar-refractivity contribution is 7.47. The van der Waals surface area contributed by atoms with Crippen molar-refractivity contribution in [2.45, 2.75) is 380 Å². The molecule has 0 rings (SSSR count). The maximum atomic E-state index is 13.1. The summed E-state index contributed by atoms with van der Waals surface area (Å²) >= 11 is 0. The van der Waals surface area contributed by atoms with Gasteiger partial charge in [-0.15, -0.1) is 0 Å². The number of hydrogen-bond donors (Lipinski definition) is 3. The van der Waals surface area contributed by atoms with Crippen LogP contribution in [0, 0.1) is 0 Å². The average Bonchev–Trinajstić information content (AvgIpc) is 0.902. The number of allylic oxidation sites excluding steroid dienone is 18. The fraction of sp³-hybridized carbons (Fsp3) is 0.747. The second kappa shape index (κ2) is 78.8. The number of hydrogen-bond acceptors (Lipinski definition) is 15. The minimum absolute atomic E-state index is 0.0793. The second-order valence-electron chi connectivity index (χ2n) is 28.0. The first-order chi connectivity index (χ1) is 51.7. The summed E-state index contributed by atoms with van der Waals surface area (Å²) in [5.74, 6) is -2.19. The summed E-state index contributed by atoms with van der Waals surface area (Å²) < 4.78 is 68.8. The van der Waals surface area contributed by atoms with Crippen molar-refractivity contribution in [2.75, 3.05) is 39.6 Å². The Morgan fingerprint density at radius 3 is 0.774 bits per heavy atom. The Balaban J connectivity index is 5.38. The van der Waals surface area contributed by atoms with E-state index in [0.717, 1.165) is 199 Å². The van der Waals surface area contributed by atoms with Crippen LogP contribution in [0.1, 0.15) is 362 Å². The van der Waals surface area contributed by atoms with Gasteiger partial charge in [-0.2, -0.15) is 0 Å². The lowest BCUT2D eigenvalue weighted by molar-refractivity contribution is -0.161. The van der Waals surface area contributed by atoms with Crippen LogP contribution in [0.2, 0.25) is 0 Å². The Kier molecular flexibility index (Phi) is 75.6. The third-order valence-corrected chi connectivity index (χ3v) is 19.6. The maximum absolute atomic E-state index is 13.1. The molecule has 0 saturated heterocycles. The van der Waals surface area contributed by atoms with Crippen LogP contribution >= 0.6 is 15.6 Å². The Bertz CT molecular complexity index is 2430. The SMILES string of the molecule is CC/C=C\C/C=C\C/C=C\C/C=C\CCCCCCCCC(=O)OCC(COP(=O)(O)OCC(O)COP(=O)(O)OCC(COC(=O)CCCCCCC/C=C\C/C=C\CCCCC)OC(=O)CCCCCCCCCCCCCCCCC)OC(=O)CCCCCCCCC/C=C\C/C=C\C/C=C\CC. The molecule has 0 aromatic carbocycles. The van der Waals surface area contributed by atoms with Gasteiger partial charge in [0.15, 0.2) is 12.2 Å². The van der Waals surface area contributed by atoms with E-state index in [1.165, 1.54) is 83.5 Å². The van der Waals surface area contributed by atoms with Gasteiger partial charge in [0.2, 0.25) is 0 Å². The second-order valence-corrected chi connectivity index (χ2v) is 30.9. The predicted octanol–water partition coefficient (Wildman–Crippen LogP) is 24.9. The summed E-state index contributed by atoms with van der Waals surface area (Å²) in [5, 5.41) is 10.7. The normalized spacial score (nSPS) is 14.4. The van der Waals surface area contributed by atoms with Crippen LogP contribution in [0.4, 0.5) is 0 Å². The summed E-state index contributed by atoms with van der Waals surface area (Å²) in [6, 6.07) is 0. The molecule has 106 heavy (non-hydrogen) atoms. The Morgan fingerprint density at radius 1 is 0.274 bits per heavy atom. The van der Waals surface area contributed by atoms with Gasteiger partial charge in [0, 0.05) is 25.7 Å². The summed E-state index contributed by atoms with van der Waals surface area (Å²) in [6.07, 6.45) is 86.1. The van der Waals surface area contributed by atoms with E-state index in [0.29, 0.717) is 25.7 Å². The number of carbonyl (C=O) groups is 4. The first kappa shape index (κ1) is 102. The minimum atomic E-state index is -4.99. The molecule has 19 heteroatoms.